The number of hydrogen-bond acceptors (Lipinski definition) is 3. The number of amides is 1. The van der Waals surface area contributed by atoms with Crippen LogP contribution in [0.4, 0.5) is 0 Å². The summed E-state index contributed by atoms with van der Waals surface area (Å²) in [5.41, 5.74) is 5.95. The average molecular weight is 262 g/mol. The van der Waals surface area contributed by atoms with Crippen LogP contribution < -0.4 is 11.1 Å². The Hall–Kier alpha value is -1.52. The molecular formula is C14H22N4O. The molecule has 0 aromatic heterocycles. The molecule has 1 saturated carbocycles. The molecule has 2 saturated heterocycles. The Morgan fingerprint density at radius 2 is 2.11 bits per heavy atom. The van der Waals surface area contributed by atoms with Crippen LogP contribution in [0.5, 0.6) is 0 Å². The monoisotopic (exact) mass is 262 g/mol. The second-order valence-corrected chi connectivity index (χ2v) is 5.92. The van der Waals surface area contributed by atoms with Crippen LogP contribution in [0.25, 0.3) is 0 Å². The number of rotatable bonds is 1. The van der Waals surface area contributed by atoms with E-state index in [2.05, 4.69) is 10.2 Å². The van der Waals surface area contributed by atoms with Gasteiger partial charge in [-0.3, -0.25) is 10.2 Å². The molecule has 5 nitrogen and oxygen atoms in total. The minimum atomic E-state index is -0.532. The molecule has 104 valence electrons. The summed E-state index contributed by atoms with van der Waals surface area (Å²) in [4.78, 5) is 14.6. The van der Waals surface area contributed by atoms with Crippen molar-refractivity contribution in [3.63, 3.8) is 0 Å². The van der Waals surface area contributed by atoms with Gasteiger partial charge < -0.3 is 16.0 Å². The van der Waals surface area contributed by atoms with Gasteiger partial charge in [0, 0.05) is 30.8 Å². The minimum absolute atomic E-state index is 0.0900. The number of nitrogens with one attached hydrogen (secondary N) is 2. The Kier molecular flexibility index (Phi) is 2.99. The predicted octanol–water partition coefficient (Wildman–Crippen LogP) is 1.10. The molecule has 0 bridgehead atoms. The van der Waals surface area contributed by atoms with Gasteiger partial charge >= 0.3 is 0 Å². The van der Waals surface area contributed by atoms with Gasteiger partial charge in [0.05, 0.1) is 0 Å². The molecule has 3 rings (SSSR count). The van der Waals surface area contributed by atoms with Crippen LogP contribution in [-0.4, -0.2) is 34.8 Å². The molecule has 2 heterocycles. The standard InChI is InChI=1S/C14H22N4O/c15-9-10-8-14(6-3-7-17-13(14)19)18(12(10)16)11-4-1-2-5-11/h9,11,16H,1-8,15H2,(H,17,19)/b10-9-,16-12?. The molecule has 1 spiro atoms. The first-order chi connectivity index (χ1) is 9.19. The van der Waals surface area contributed by atoms with Crippen molar-refractivity contribution in [3.8, 4) is 0 Å². The zero-order valence-electron chi connectivity index (χ0n) is 11.2. The predicted molar refractivity (Wildman–Crippen MR) is 73.7 cm³/mol. The Morgan fingerprint density at radius 1 is 1.37 bits per heavy atom. The zero-order valence-corrected chi connectivity index (χ0v) is 11.2. The molecule has 1 amide bonds. The van der Waals surface area contributed by atoms with E-state index < -0.39 is 5.54 Å². The molecule has 0 radical (unpaired) electrons. The summed E-state index contributed by atoms with van der Waals surface area (Å²) in [6.07, 6.45) is 8.53. The molecule has 19 heavy (non-hydrogen) atoms. The van der Waals surface area contributed by atoms with Crippen molar-refractivity contribution in [2.75, 3.05) is 6.54 Å². The number of nitrogens with two attached hydrogens (primary N) is 1. The van der Waals surface area contributed by atoms with Crippen molar-refractivity contribution < 1.29 is 4.79 Å². The number of carbonyl (C=O) groups is 1. The summed E-state index contributed by atoms with van der Waals surface area (Å²) < 4.78 is 0. The maximum atomic E-state index is 12.5. The zero-order chi connectivity index (χ0) is 13.5. The van der Waals surface area contributed by atoms with Crippen molar-refractivity contribution in [1.29, 1.82) is 5.41 Å². The Morgan fingerprint density at radius 3 is 2.74 bits per heavy atom. The quantitative estimate of drug-likeness (QED) is 0.662. The van der Waals surface area contributed by atoms with E-state index in [4.69, 9.17) is 11.1 Å². The highest BCUT2D eigenvalue weighted by Crippen LogP contribution is 2.43. The molecular weight excluding hydrogens is 240 g/mol. The normalized spacial score (nSPS) is 34.5. The Balaban J connectivity index is 1.99. The lowest BCUT2D eigenvalue weighted by atomic mass is 9.84. The van der Waals surface area contributed by atoms with Gasteiger partial charge in [0.25, 0.3) is 0 Å². The second kappa shape index (κ2) is 4.54. The highest BCUT2D eigenvalue weighted by Gasteiger charge is 2.54. The lowest BCUT2D eigenvalue weighted by Crippen LogP contribution is -2.61. The molecule has 3 aliphatic rings. The number of amidine groups is 1. The SMILES string of the molecule is N=C1/C(=C\N)CC2(CCCNC2=O)N1C1CCCC1. The fraction of sp³-hybridized carbons (Fsp3) is 0.714. The van der Waals surface area contributed by atoms with E-state index in [0.717, 1.165) is 37.8 Å². The first-order valence-electron chi connectivity index (χ1n) is 7.26. The second-order valence-electron chi connectivity index (χ2n) is 5.92. The summed E-state index contributed by atoms with van der Waals surface area (Å²) in [6, 6.07) is 0.341. The number of piperidine rings is 1. The third-order valence-corrected chi connectivity index (χ3v) is 4.86. The number of carbonyl (C=O) groups excluding carboxylic acids is 1. The summed E-state index contributed by atoms with van der Waals surface area (Å²) in [6.45, 7) is 0.758. The van der Waals surface area contributed by atoms with Crippen molar-refractivity contribution in [2.45, 2.75) is 56.5 Å². The third-order valence-electron chi connectivity index (χ3n) is 4.86. The maximum Gasteiger partial charge on any atom is 0.246 e. The molecule has 1 aliphatic carbocycles. The molecule has 5 heteroatoms. The van der Waals surface area contributed by atoms with E-state index in [1.807, 2.05) is 0 Å². The molecule has 1 atom stereocenters. The van der Waals surface area contributed by atoms with Crippen LogP contribution in [0, 0.1) is 5.41 Å². The maximum absolute atomic E-state index is 12.5. The van der Waals surface area contributed by atoms with Gasteiger partial charge in [-0.1, -0.05) is 12.8 Å². The largest absolute Gasteiger partial charge is 0.404 e. The van der Waals surface area contributed by atoms with E-state index in [0.29, 0.717) is 18.3 Å². The van der Waals surface area contributed by atoms with E-state index in [1.54, 1.807) is 0 Å². The van der Waals surface area contributed by atoms with Crippen LogP contribution in [0.3, 0.4) is 0 Å². The number of nitrogens with zero attached hydrogens (tertiary/aromatic N) is 1. The van der Waals surface area contributed by atoms with Crippen LogP contribution >= 0.6 is 0 Å². The van der Waals surface area contributed by atoms with E-state index in [9.17, 15) is 4.79 Å². The number of hydrogen-bond donors (Lipinski definition) is 3. The molecule has 4 N–H and O–H groups in total. The van der Waals surface area contributed by atoms with E-state index >= 15 is 0 Å². The lowest BCUT2D eigenvalue weighted by molar-refractivity contribution is -0.134. The first kappa shape index (κ1) is 12.5. The fourth-order valence-corrected chi connectivity index (χ4v) is 3.94. The van der Waals surface area contributed by atoms with Gasteiger partial charge in [0.2, 0.25) is 5.91 Å². The van der Waals surface area contributed by atoms with Crippen LogP contribution in [-0.2, 0) is 4.79 Å². The highest BCUT2D eigenvalue weighted by molar-refractivity contribution is 6.05. The highest BCUT2D eigenvalue weighted by atomic mass is 16.2. The third kappa shape index (κ3) is 1.75. The van der Waals surface area contributed by atoms with Gasteiger partial charge in [-0.05, 0) is 25.7 Å². The summed E-state index contributed by atoms with van der Waals surface area (Å²) in [7, 11) is 0. The summed E-state index contributed by atoms with van der Waals surface area (Å²) in [5, 5.41) is 11.4. The summed E-state index contributed by atoms with van der Waals surface area (Å²) in [5.74, 6) is 0.568. The topological polar surface area (TPSA) is 82.2 Å². The molecule has 0 aromatic carbocycles. The van der Waals surface area contributed by atoms with Crippen LogP contribution in [0.15, 0.2) is 11.8 Å². The van der Waals surface area contributed by atoms with Crippen molar-refractivity contribution in [3.05, 3.63) is 11.8 Å². The molecule has 3 fully saturated rings. The molecule has 2 aliphatic heterocycles. The Bertz CT molecular complexity index is 439. The molecule has 0 aromatic rings. The minimum Gasteiger partial charge on any atom is -0.404 e. The first-order valence-corrected chi connectivity index (χ1v) is 7.26. The smallest absolute Gasteiger partial charge is 0.246 e. The van der Waals surface area contributed by atoms with Crippen molar-refractivity contribution in [2.24, 2.45) is 5.73 Å². The Labute approximate surface area is 113 Å². The van der Waals surface area contributed by atoms with Crippen LogP contribution in [0.2, 0.25) is 0 Å². The summed E-state index contributed by atoms with van der Waals surface area (Å²) >= 11 is 0. The van der Waals surface area contributed by atoms with Gasteiger partial charge in [-0.25, -0.2) is 0 Å². The lowest BCUT2D eigenvalue weighted by Gasteiger charge is -2.43. The van der Waals surface area contributed by atoms with E-state index in [1.165, 1.54) is 19.0 Å². The van der Waals surface area contributed by atoms with Gasteiger partial charge in [-0.15, -0.1) is 0 Å². The molecule has 1 unspecified atom stereocenters. The van der Waals surface area contributed by atoms with Gasteiger partial charge in [0.15, 0.2) is 0 Å². The van der Waals surface area contributed by atoms with Gasteiger partial charge in [-0.2, -0.15) is 0 Å². The van der Waals surface area contributed by atoms with Crippen molar-refractivity contribution in [1.82, 2.24) is 10.2 Å². The average Bonchev–Trinajstić information content (AvgIpc) is 3.00. The van der Waals surface area contributed by atoms with Gasteiger partial charge in [0.1, 0.15) is 11.4 Å². The number of likely N-dealkylation sites (tertiary alicyclic amines) is 1. The van der Waals surface area contributed by atoms with Crippen molar-refractivity contribution >= 4 is 11.7 Å². The van der Waals surface area contributed by atoms with E-state index in [-0.39, 0.29) is 5.91 Å². The van der Waals surface area contributed by atoms with Crippen LogP contribution in [0.1, 0.15) is 44.9 Å². The fourth-order valence-electron chi connectivity index (χ4n) is 3.94.